The Morgan fingerprint density at radius 3 is 0.939 bits per heavy atom. The second-order valence-corrected chi connectivity index (χ2v) is 35.6. The van der Waals surface area contributed by atoms with E-state index >= 15 is 0 Å². The number of rotatable bonds is 7. The van der Waals surface area contributed by atoms with E-state index in [0.717, 1.165) is 72.0 Å². The number of aromatic nitrogens is 6. The predicted molar refractivity (Wildman–Crippen MR) is 553 cm³/mol. The predicted octanol–water partition coefficient (Wildman–Crippen LogP) is 33.8. The van der Waals surface area contributed by atoms with Gasteiger partial charge in [0.1, 0.15) is 22.3 Å². The summed E-state index contributed by atoms with van der Waals surface area (Å²) in [4.78, 5) is 0. The molecule has 610 valence electrons. The summed E-state index contributed by atoms with van der Waals surface area (Å²) < 4.78 is 30.0. The summed E-state index contributed by atoms with van der Waals surface area (Å²) in [5.74, 6) is 0. The third kappa shape index (κ3) is 11.1. The highest BCUT2D eigenvalue weighted by molar-refractivity contribution is 7.25. The molecular weight excluding hydrogens is 1610 g/mol. The number of fused-ring (bicyclic) bond motifs is 30. The van der Waals surface area contributed by atoms with Crippen LogP contribution in [0.4, 0.5) is 0 Å². The van der Waals surface area contributed by atoms with Gasteiger partial charge < -0.3 is 36.2 Å². The maximum atomic E-state index is 6.42. The van der Waals surface area contributed by atoms with Crippen LogP contribution in [0.15, 0.2) is 458 Å². The molecule has 0 radical (unpaired) electrons. The monoisotopic (exact) mass is 1690 g/mol. The quantitative estimate of drug-likeness (QED) is 0.149. The van der Waals surface area contributed by atoms with E-state index in [0.29, 0.717) is 0 Å². The molecule has 0 unspecified atom stereocenters. The van der Waals surface area contributed by atoms with Gasteiger partial charge in [0.15, 0.2) is 0 Å². The maximum Gasteiger partial charge on any atom is 0.137 e. The van der Waals surface area contributed by atoms with Gasteiger partial charge in [-0.15, -0.1) is 11.3 Å². The van der Waals surface area contributed by atoms with Crippen LogP contribution in [0.25, 0.3) is 262 Å². The molecule has 8 nitrogen and oxygen atoms in total. The minimum Gasteiger partial charge on any atom is -0.456 e. The third-order valence-corrected chi connectivity index (χ3v) is 28.6. The Hall–Kier alpha value is -17.2. The van der Waals surface area contributed by atoms with E-state index in [1.807, 2.05) is 23.5 Å². The van der Waals surface area contributed by atoms with Crippen molar-refractivity contribution in [1.82, 2.24) is 27.4 Å². The van der Waals surface area contributed by atoms with Crippen LogP contribution >= 0.6 is 11.3 Å². The molecule has 131 heavy (non-hydrogen) atoms. The molecule has 0 aliphatic heterocycles. The summed E-state index contributed by atoms with van der Waals surface area (Å²) in [6.07, 6.45) is 0. The molecule has 0 saturated carbocycles. The van der Waals surface area contributed by atoms with Crippen LogP contribution in [0.5, 0.6) is 0 Å². The first-order valence-corrected chi connectivity index (χ1v) is 45.6. The highest BCUT2D eigenvalue weighted by atomic mass is 32.1. The third-order valence-electron chi connectivity index (χ3n) is 27.4. The topological polar surface area (TPSA) is 55.9 Å². The van der Waals surface area contributed by atoms with Gasteiger partial charge in [-0.05, 0) is 191 Å². The summed E-state index contributed by atoms with van der Waals surface area (Å²) in [7, 11) is 0. The van der Waals surface area contributed by atoms with Crippen molar-refractivity contribution in [3.05, 3.63) is 449 Å². The summed E-state index contributed by atoms with van der Waals surface area (Å²) in [5, 5.41) is 27.3. The molecule has 30 aromatic rings. The average Bonchev–Trinajstić information content (AvgIpc) is 1.56. The number of para-hydroxylation sites is 9. The molecule has 0 saturated heterocycles. The molecule has 30 rings (SSSR count). The Bertz CT molecular complexity index is 10000. The zero-order chi connectivity index (χ0) is 85.6. The second kappa shape index (κ2) is 28.6. The lowest BCUT2D eigenvalue weighted by atomic mass is 10.00. The highest BCUT2D eigenvalue weighted by Gasteiger charge is 2.27. The Balaban J connectivity index is 0.0000000990. The van der Waals surface area contributed by atoms with Crippen molar-refractivity contribution in [2.75, 3.05) is 0 Å². The van der Waals surface area contributed by atoms with E-state index < -0.39 is 0 Å². The SMILES string of the molecule is c1ccc(-c2cccc(-n3c4cc5oc6ccccc6c5cc4c4cc5c6ccccc6n(-c6ccccc6)c5cc43)c2)cc1.c1ccc(-n2c3cc4oc5ccccc5c4cc3c3cc4c5ccccc5n(-c5cc6ccccc6c6ccccc56)c4cc32)cc1.c1ccc(-n2c3ccccc3c3cc4c5cc6c(cc5n(-c5ccccc5)c4cc32)sc2ccccc26)cc1. The number of benzene rings is 21. The minimum absolute atomic E-state index is 0.899. The van der Waals surface area contributed by atoms with Crippen molar-refractivity contribution in [3.8, 4) is 45.3 Å². The number of hydrogen-bond donors (Lipinski definition) is 0. The molecule has 0 spiro atoms. The van der Waals surface area contributed by atoms with Gasteiger partial charge in [0.05, 0.1) is 71.9 Å². The Labute approximate surface area is 752 Å². The standard InChI is InChI=1S/C44H26N2O.C42H26N2O.C36H22N2S/c1-2-13-28(14-3-1)45-40-25-41-34(23-35(40)36-24-37-33-19-9-11-21-43(33)47-44(37)26-42(36)45)32-18-8-10-20-38(32)46(41)39-22-27-12-4-5-15-29(27)30-16-6-7-17-31(30)39;1-3-12-27(13-4-1)28-14-11-17-30(22-28)44-39-25-38-33(31-18-7-9-20-37(31)43(38)29-15-5-2-6-16-29)23-34(39)35-24-36-32-19-8-10-21-41(32)45-42(36)26-40(35)44;1-3-11-23(12-4-1)37-31-17-9-7-15-25(31)27-19-28-29-20-30-26-16-8-10-18-35(26)39-36(30)22-34(29)38(33(28)21-32(27)37)24-13-5-2-6-14-24/h1-26H;1-26H;1-22H. The van der Waals surface area contributed by atoms with Gasteiger partial charge in [-0.2, -0.15) is 0 Å². The van der Waals surface area contributed by atoms with Gasteiger partial charge in [0.2, 0.25) is 0 Å². The zero-order valence-electron chi connectivity index (χ0n) is 70.6. The molecule has 0 amide bonds. The Morgan fingerprint density at radius 1 is 0.145 bits per heavy atom. The van der Waals surface area contributed by atoms with E-state index in [9.17, 15) is 0 Å². The van der Waals surface area contributed by atoms with E-state index in [1.54, 1.807) is 0 Å². The fourth-order valence-electron chi connectivity index (χ4n) is 21.7. The molecule has 0 bridgehead atoms. The largest absolute Gasteiger partial charge is 0.456 e. The molecule has 9 aromatic heterocycles. The molecule has 0 aliphatic carbocycles. The van der Waals surface area contributed by atoms with E-state index in [1.165, 1.54) is 190 Å². The van der Waals surface area contributed by atoms with Crippen LogP contribution in [0.2, 0.25) is 0 Å². The van der Waals surface area contributed by atoms with Crippen LogP contribution < -0.4 is 0 Å². The lowest BCUT2D eigenvalue weighted by Crippen LogP contribution is -1.97. The van der Waals surface area contributed by atoms with Crippen LogP contribution in [0.1, 0.15) is 0 Å². The summed E-state index contributed by atoms with van der Waals surface area (Å²) in [6.45, 7) is 0. The lowest BCUT2D eigenvalue weighted by Gasteiger charge is -2.14. The first-order valence-electron chi connectivity index (χ1n) is 44.7. The van der Waals surface area contributed by atoms with Gasteiger partial charge in [0.25, 0.3) is 0 Å². The van der Waals surface area contributed by atoms with Crippen LogP contribution in [-0.2, 0) is 0 Å². The van der Waals surface area contributed by atoms with Crippen LogP contribution in [-0.4, -0.2) is 27.4 Å². The van der Waals surface area contributed by atoms with Crippen LogP contribution in [0.3, 0.4) is 0 Å². The molecule has 0 N–H and O–H groups in total. The first kappa shape index (κ1) is 73.0. The van der Waals surface area contributed by atoms with Crippen molar-refractivity contribution in [2.45, 2.75) is 0 Å². The molecule has 9 heteroatoms. The average molecular weight is 1690 g/mol. The summed E-state index contributed by atoms with van der Waals surface area (Å²) in [6, 6.07) is 162. The van der Waals surface area contributed by atoms with E-state index in [2.05, 4.69) is 464 Å². The van der Waals surface area contributed by atoms with Gasteiger partial charge in [-0.3, -0.25) is 0 Å². The molecule has 0 atom stereocenters. The number of furan rings is 2. The Morgan fingerprint density at radius 2 is 0.458 bits per heavy atom. The zero-order valence-corrected chi connectivity index (χ0v) is 71.4. The number of hydrogen-bond acceptors (Lipinski definition) is 3. The second-order valence-electron chi connectivity index (χ2n) is 34.5. The summed E-state index contributed by atoms with van der Waals surface area (Å²) in [5.41, 5.74) is 27.3. The lowest BCUT2D eigenvalue weighted by molar-refractivity contribution is 0.669. The molecule has 0 aliphatic rings. The fraction of sp³-hybridized carbons (Fsp3) is 0. The van der Waals surface area contributed by atoms with Crippen molar-refractivity contribution in [2.24, 2.45) is 0 Å². The van der Waals surface area contributed by atoms with Gasteiger partial charge in [0, 0.05) is 152 Å². The number of nitrogens with zero attached hydrogens (tertiary/aromatic N) is 6. The number of thiophene rings is 1. The van der Waals surface area contributed by atoms with Crippen LogP contribution in [0, 0.1) is 0 Å². The van der Waals surface area contributed by atoms with E-state index in [-0.39, 0.29) is 0 Å². The first-order chi connectivity index (χ1) is 65.0. The molecule has 9 heterocycles. The highest BCUT2D eigenvalue weighted by Crippen LogP contribution is 2.49. The van der Waals surface area contributed by atoms with Gasteiger partial charge in [-0.25, -0.2) is 0 Å². The maximum absolute atomic E-state index is 6.42. The van der Waals surface area contributed by atoms with Gasteiger partial charge >= 0.3 is 0 Å². The summed E-state index contributed by atoms with van der Waals surface area (Å²) >= 11 is 1.88. The molecule has 0 fully saturated rings. The van der Waals surface area contributed by atoms with Gasteiger partial charge in [-0.1, -0.05) is 273 Å². The van der Waals surface area contributed by atoms with Crippen molar-refractivity contribution >= 4 is 228 Å². The Kier molecular flexibility index (Phi) is 16.0. The molecule has 21 aromatic carbocycles. The smallest absolute Gasteiger partial charge is 0.137 e. The van der Waals surface area contributed by atoms with E-state index in [4.69, 9.17) is 8.83 Å². The molecular formula is C122H74N6O2S. The van der Waals surface area contributed by atoms with Crippen molar-refractivity contribution in [3.63, 3.8) is 0 Å². The fourth-order valence-corrected chi connectivity index (χ4v) is 22.8. The van der Waals surface area contributed by atoms with Crippen molar-refractivity contribution in [1.29, 1.82) is 0 Å². The minimum atomic E-state index is 0.899. The normalized spacial score (nSPS) is 12.1. The van der Waals surface area contributed by atoms with Crippen molar-refractivity contribution < 1.29 is 8.83 Å².